The van der Waals surface area contributed by atoms with E-state index in [0.717, 1.165) is 22.3 Å². The molecule has 0 unspecified atom stereocenters. The average Bonchev–Trinajstić information content (AvgIpc) is 2.82. The molecule has 0 aliphatic carbocycles. The second-order valence-electron chi connectivity index (χ2n) is 5.33. The van der Waals surface area contributed by atoms with E-state index in [0.29, 0.717) is 9.79 Å². The fourth-order valence-electron chi connectivity index (χ4n) is 2.76. The van der Waals surface area contributed by atoms with Crippen molar-refractivity contribution in [3.63, 3.8) is 0 Å². The molecule has 0 bridgehead atoms. The zero-order chi connectivity index (χ0) is 15.9. The Bertz CT molecular complexity index is 1070. The van der Waals surface area contributed by atoms with Gasteiger partial charge in [-0.1, -0.05) is 48.2 Å². The highest BCUT2D eigenvalue weighted by molar-refractivity contribution is 7.92. The minimum absolute atomic E-state index is 0.365. The van der Waals surface area contributed by atoms with Crippen LogP contribution in [0.5, 0.6) is 0 Å². The highest BCUT2D eigenvalue weighted by Crippen LogP contribution is 2.43. The van der Waals surface area contributed by atoms with Crippen molar-refractivity contribution in [1.82, 2.24) is 0 Å². The fourth-order valence-corrected chi connectivity index (χ4v) is 4.43. The summed E-state index contributed by atoms with van der Waals surface area (Å²) in [5, 5.41) is 0. The Morgan fingerprint density at radius 3 is 2.09 bits per heavy atom. The van der Waals surface area contributed by atoms with E-state index in [-0.39, 0.29) is 0 Å². The molecule has 1 aliphatic heterocycles. The van der Waals surface area contributed by atoms with Crippen LogP contribution in [0.4, 0.5) is 0 Å². The topological polar surface area (TPSA) is 34.1 Å². The molecule has 4 rings (SSSR count). The van der Waals surface area contributed by atoms with Crippen molar-refractivity contribution < 1.29 is 8.42 Å². The van der Waals surface area contributed by atoms with Crippen molar-refractivity contribution in [2.24, 2.45) is 0 Å². The Labute approximate surface area is 135 Å². The maximum absolute atomic E-state index is 12.5. The molecule has 0 N–H and O–H groups in total. The monoisotopic (exact) mass is 316 g/mol. The Kier molecular flexibility index (Phi) is 3.07. The van der Waals surface area contributed by atoms with Crippen LogP contribution >= 0.6 is 0 Å². The zero-order valence-electron chi connectivity index (χ0n) is 12.2. The van der Waals surface area contributed by atoms with Gasteiger partial charge < -0.3 is 0 Å². The van der Waals surface area contributed by atoms with Gasteiger partial charge in [0.15, 0.2) is 0 Å². The van der Waals surface area contributed by atoms with Crippen LogP contribution in [0.15, 0.2) is 82.6 Å². The molecule has 3 heteroatoms. The summed E-state index contributed by atoms with van der Waals surface area (Å²) in [6.07, 6.45) is 0. The summed E-state index contributed by atoms with van der Waals surface area (Å²) in [6.45, 7) is 0. The summed E-state index contributed by atoms with van der Waals surface area (Å²) in [5.74, 6) is 6.20. The third-order valence-corrected chi connectivity index (χ3v) is 5.73. The van der Waals surface area contributed by atoms with E-state index in [1.807, 2.05) is 48.5 Å². The highest BCUT2D eigenvalue weighted by Gasteiger charge is 2.32. The molecular formula is C20H12O2S. The van der Waals surface area contributed by atoms with Gasteiger partial charge in [-0.15, -0.1) is 0 Å². The van der Waals surface area contributed by atoms with Crippen molar-refractivity contribution in [3.05, 3.63) is 83.9 Å². The van der Waals surface area contributed by atoms with Gasteiger partial charge >= 0.3 is 0 Å². The highest BCUT2D eigenvalue weighted by atomic mass is 32.2. The number of rotatable bonds is 0. The number of sulfone groups is 1. The third kappa shape index (κ3) is 2.25. The first kappa shape index (κ1) is 13.8. The summed E-state index contributed by atoms with van der Waals surface area (Å²) in [7, 11) is -3.40. The maximum Gasteiger partial charge on any atom is 0.207 e. The average molecular weight is 316 g/mol. The largest absolute Gasteiger partial charge is 0.218 e. The molecule has 1 heterocycles. The molecule has 23 heavy (non-hydrogen) atoms. The lowest BCUT2D eigenvalue weighted by Crippen LogP contribution is -1.96. The molecule has 110 valence electrons. The zero-order valence-corrected chi connectivity index (χ0v) is 13.0. The lowest BCUT2D eigenvalue weighted by molar-refractivity contribution is 0.598. The van der Waals surface area contributed by atoms with Gasteiger partial charge in [0.1, 0.15) is 0 Å². The fraction of sp³-hybridized carbons (Fsp3) is 0. The molecule has 0 aromatic heterocycles. The first-order valence-electron chi connectivity index (χ1n) is 7.22. The van der Waals surface area contributed by atoms with Crippen LogP contribution in [0.1, 0.15) is 11.1 Å². The third-order valence-electron chi connectivity index (χ3n) is 3.86. The van der Waals surface area contributed by atoms with Gasteiger partial charge in [0.05, 0.1) is 9.79 Å². The predicted octanol–water partition coefficient (Wildman–Crippen LogP) is 3.90. The van der Waals surface area contributed by atoms with Crippen molar-refractivity contribution in [2.75, 3.05) is 0 Å². The molecule has 0 saturated carbocycles. The molecule has 3 aromatic rings. The standard InChI is InChI=1S/C20H12O2S/c21-23(22)19-9-5-4-8-17(19)18-14-16(12-13-20(18)23)11-10-15-6-2-1-3-7-15/h1-9,12-14H. The van der Waals surface area contributed by atoms with Gasteiger partial charge in [-0.25, -0.2) is 8.42 Å². The number of fused-ring (bicyclic) bond motifs is 3. The van der Waals surface area contributed by atoms with E-state index >= 15 is 0 Å². The molecule has 0 fully saturated rings. The summed E-state index contributed by atoms with van der Waals surface area (Å²) in [5.41, 5.74) is 3.23. The summed E-state index contributed by atoms with van der Waals surface area (Å²) in [4.78, 5) is 0.743. The van der Waals surface area contributed by atoms with Crippen molar-refractivity contribution >= 4 is 9.84 Å². The summed E-state index contributed by atoms with van der Waals surface area (Å²) >= 11 is 0. The number of hydrogen-bond donors (Lipinski definition) is 0. The van der Waals surface area contributed by atoms with Crippen LogP contribution in [-0.4, -0.2) is 8.42 Å². The molecule has 0 atom stereocenters. The first-order valence-corrected chi connectivity index (χ1v) is 8.70. The minimum atomic E-state index is -3.40. The van der Waals surface area contributed by atoms with Gasteiger partial charge in [-0.05, 0) is 36.4 Å². The molecule has 0 saturated heterocycles. The lowest BCUT2D eigenvalue weighted by Gasteiger charge is -1.99. The van der Waals surface area contributed by atoms with Gasteiger partial charge in [-0.2, -0.15) is 0 Å². The second-order valence-corrected chi connectivity index (χ2v) is 7.21. The van der Waals surface area contributed by atoms with Crippen LogP contribution in [0.2, 0.25) is 0 Å². The van der Waals surface area contributed by atoms with E-state index in [4.69, 9.17) is 0 Å². The smallest absolute Gasteiger partial charge is 0.207 e. The quantitative estimate of drug-likeness (QED) is 0.461. The van der Waals surface area contributed by atoms with Crippen molar-refractivity contribution in [2.45, 2.75) is 9.79 Å². The Morgan fingerprint density at radius 2 is 1.26 bits per heavy atom. The van der Waals surface area contributed by atoms with Crippen molar-refractivity contribution in [1.29, 1.82) is 0 Å². The molecular weight excluding hydrogens is 304 g/mol. The maximum atomic E-state index is 12.5. The van der Waals surface area contributed by atoms with Crippen LogP contribution in [0.25, 0.3) is 11.1 Å². The van der Waals surface area contributed by atoms with Crippen molar-refractivity contribution in [3.8, 4) is 23.0 Å². The van der Waals surface area contributed by atoms with Gasteiger partial charge in [0.25, 0.3) is 0 Å². The SMILES string of the molecule is O=S1(=O)c2ccccc2-c2cc(C#Cc3ccccc3)ccc21. The predicted molar refractivity (Wildman–Crippen MR) is 89.8 cm³/mol. The molecule has 3 aromatic carbocycles. The van der Waals surface area contributed by atoms with Crippen LogP contribution in [-0.2, 0) is 9.84 Å². The lowest BCUT2D eigenvalue weighted by atomic mass is 10.0. The molecule has 0 amide bonds. The molecule has 2 nitrogen and oxygen atoms in total. The Morgan fingerprint density at radius 1 is 0.609 bits per heavy atom. The van der Waals surface area contributed by atoms with Crippen LogP contribution < -0.4 is 0 Å². The van der Waals surface area contributed by atoms with Gasteiger partial charge in [0.2, 0.25) is 9.84 Å². The summed E-state index contributed by atoms with van der Waals surface area (Å²) < 4.78 is 25.1. The molecule has 0 spiro atoms. The molecule has 0 radical (unpaired) electrons. The first-order chi connectivity index (χ1) is 11.2. The Hall–Kier alpha value is -2.83. The van der Waals surface area contributed by atoms with E-state index in [1.54, 1.807) is 24.3 Å². The molecule has 1 aliphatic rings. The summed E-state index contributed by atoms with van der Waals surface area (Å²) in [6, 6.07) is 22.1. The Balaban J connectivity index is 1.84. The normalized spacial score (nSPS) is 13.6. The second kappa shape index (κ2) is 5.12. The number of hydrogen-bond acceptors (Lipinski definition) is 2. The minimum Gasteiger partial charge on any atom is -0.218 e. The van der Waals surface area contributed by atoms with E-state index in [9.17, 15) is 8.42 Å². The van der Waals surface area contributed by atoms with Crippen LogP contribution in [0.3, 0.4) is 0 Å². The van der Waals surface area contributed by atoms with Gasteiger partial charge in [-0.3, -0.25) is 0 Å². The van der Waals surface area contributed by atoms with Crippen LogP contribution in [0, 0.1) is 11.8 Å². The number of benzene rings is 3. The van der Waals surface area contributed by atoms with E-state index < -0.39 is 9.84 Å². The van der Waals surface area contributed by atoms with Gasteiger partial charge in [0, 0.05) is 22.3 Å². The van der Waals surface area contributed by atoms with E-state index in [1.165, 1.54) is 0 Å². The van der Waals surface area contributed by atoms with E-state index in [2.05, 4.69) is 11.8 Å².